The molecule has 0 radical (unpaired) electrons. The summed E-state index contributed by atoms with van der Waals surface area (Å²) in [6, 6.07) is 4.74. The Morgan fingerprint density at radius 2 is 2.19 bits per heavy atom. The van der Waals surface area contributed by atoms with Gasteiger partial charge in [-0.2, -0.15) is 4.99 Å². The number of halogens is 2. The number of guanidine groups is 1. The number of aliphatic imine (C=N–C) groups is 1. The first kappa shape index (κ1) is 13.0. The van der Waals surface area contributed by atoms with Crippen molar-refractivity contribution in [2.75, 3.05) is 0 Å². The first-order valence-corrected chi connectivity index (χ1v) is 6.02. The summed E-state index contributed by atoms with van der Waals surface area (Å²) in [7, 11) is 0. The van der Waals surface area contributed by atoms with Gasteiger partial charge in [-0.3, -0.25) is 5.41 Å². The van der Waals surface area contributed by atoms with Crippen LogP contribution in [0.15, 0.2) is 27.7 Å². The Labute approximate surface area is 105 Å². The predicted octanol–water partition coefficient (Wildman–Crippen LogP) is 2.03. The van der Waals surface area contributed by atoms with Crippen molar-refractivity contribution in [2.24, 2.45) is 16.5 Å². The number of benzene rings is 1. The SMILES string of the molecule is N=C(N=C(N)N)SCc1cccc(F)c1Br. The Morgan fingerprint density at radius 1 is 1.50 bits per heavy atom. The van der Waals surface area contributed by atoms with Gasteiger partial charge in [0.25, 0.3) is 0 Å². The largest absolute Gasteiger partial charge is 0.370 e. The van der Waals surface area contributed by atoms with Crippen molar-refractivity contribution in [1.82, 2.24) is 0 Å². The van der Waals surface area contributed by atoms with E-state index in [1.54, 1.807) is 12.1 Å². The van der Waals surface area contributed by atoms with Crippen molar-refractivity contribution in [3.63, 3.8) is 0 Å². The van der Waals surface area contributed by atoms with E-state index < -0.39 is 0 Å². The summed E-state index contributed by atoms with van der Waals surface area (Å²) >= 11 is 4.26. The maximum absolute atomic E-state index is 13.1. The van der Waals surface area contributed by atoms with Crippen LogP contribution in [0.3, 0.4) is 0 Å². The Morgan fingerprint density at radius 3 is 2.81 bits per heavy atom. The van der Waals surface area contributed by atoms with Gasteiger partial charge in [0.2, 0.25) is 0 Å². The van der Waals surface area contributed by atoms with Crippen LogP contribution in [-0.4, -0.2) is 11.1 Å². The lowest BCUT2D eigenvalue weighted by Gasteiger charge is -2.04. The molecule has 0 aliphatic heterocycles. The fraction of sp³-hybridized carbons (Fsp3) is 0.111. The molecule has 0 saturated carbocycles. The monoisotopic (exact) mass is 304 g/mol. The predicted molar refractivity (Wildman–Crippen MR) is 68.9 cm³/mol. The lowest BCUT2D eigenvalue weighted by Crippen LogP contribution is -2.23. The van der Waals surface area contributed by atoms with Gasteiger partial charge in [-0.15, -0.1) is 0 Å². The van der Waals surface area contributed by atoms with E-state index in [0.717, 1.165) is 17.3 Å². The van der Waals surface area contributed by atoms with Gasteiger partial charge in [0.15, 0.2) is 11.1 Å². The third-order valence-corrected chi connectivity index (χ3v) is 3.33. The van der Waals surface area contributed by atoms with Crippen LogP contribution in [-0.2, 0) is 5.75 Å². The van der Waals surface area contributed by atoms with E-state index in [-0.39, 0.29) is 16.9 Å². The molecular weight excluding hydrogens is 295 g/mol. The lowest BCUT2D eigenvalue weighted by molar-refractivity contribution is 0.619. The Hall–Kier alpha value is -1.08. The highest BCUT2D eigenvalue weighted by Crippen LogP contribution is 2.24. The second-order valence-corrected chi connectivity index (χ2v) is 4.60. The van der Waals surface area contributed by atoms with Crippen molar-refractivity contribution in [1.29, 1.82) is 5.41 Å². The Kier molecular flexibility index (Phi) is 4.75. The molecule has 0 aliphatic rings. The normalized spacial score (nSPS) is 9.88. The number of nitrogens with zero attached hydrogens (tertiary/aromatic N) is 1. The van der Waals surface area contributed by atoms with Gasteiger partial charge in [-0.05, 0) is 27.6 Å². The molecule has 1 rings (SSSR count). The van der Waals surface area contributed by atoms with Crippen LogP contribution in [0.4, 0.5) is 4.39 Å². The molecule has 0 unspecified atom stereocenters. The molecule has 1 aromatic carbocycles. The van der Waals surface area contributed by atoms with Crippen molar-refractivity contribution in [2.45, 2.75) is 5.75 Å². The molecular formula is C9H10BrFN4S. The highest BCUT2D eigenvalue weighted by Gasteiger charge is 2.06. The highest BCUT2D eigenvalue weighted by atomic mass is 79.9. The second kappa shape index (κ2) is 5.86. The zero-order valence-electron chi connectivity index (χ0n) is 8.21. The van der Waals surface area contributed by atoms with Crippen LogP contribution < -0.4 is 11.5 Å². The van der Waals surface area contributed by atoms with Gasteiger partial charge in [-0.25, -0.2) is 4.39 Å². The van der Waals surface area contributed by atoms with Crippen LogP contribution in [0.2, 0.25) is 0 Å². The van der Waals surface area contributed by atoms with Gasteiger partial charge in [0.1, 0.15) is 5.82 Å². The molecule has 16 heavy (non-hydrogen) atoms. The first-order valence-electron chi connectivity index (χ1n) is 4.24. The minimum absolute atomic E-state index is 0.00355. The molecule has 0 heterocycles. The summed E-state index contributed by atoms with van der Waals surface area (Å²) in [4.78, 5) is 3.55. The van der Waals surface area contributed by atoms with Crippen LogP contribution in [0.5, 0.6) is 0 Å². The molecule has 4 nitrogen and oxygen atoms in total. The van der Waals surface area contributed by atoms with E-state index in [0.29, 0.717) is 10.2 Å². The first-order chi connectivity index (χ1) is 7.50. The second-order valence-electron chi connectivity index (χ2n) is 2.84. The van der Waals surface area contributed by atoms with Crippen molar-refractivity contribution >= 4 is 38.8 Å². The minimum Gasteiger partial charge on any atom is -0.370 e. The van der Waals surface area contributed by atoms with Crippen LogP contribution in [0.1, 0.15) is 5.56 Å². The fourth-order valence-electron chi connectivity index (χ4n) is 0.956. The van der Waals surface area contributed by atoms with Crippen LogP contribution in [0, 0.1) is 11.2 Å². The number of hydrogen-bond acceptors (Lipinski definition) is 2. The summed E-state index contributed by atoms with van der Waals surface area (Å²) in [6.45, 7) is 0. The number of thioether (sulfide) groups is 1. The molecule has 0 saturated heterocycles. The number of amidine groups is 1. The molecule has 0 atom stereocenters. The maximum Gasteiger partial charge on any atom is 0.193 e. The standard InChI is InChI=1S/C9H10BrFN4S/c10-7-5(2-1-3-6(7)11)4-16-9(14)15-8(12)13/h1-3H,4H2,(H5,12,13,14,15). The highest BCUT2D eigenvalue weighted by molar-refractivity contribution is 9.10. The van der Waals surface area contributed by atoms with Crippen LogP contribution in [0.25, 0.3) is 0 Å². The van der Waals surface area contributed by atoms with Gasteiger partial charge >= 0.3 is 0 Å². The molecule has 0 bridgehead atoms. The van der Waals surface area contributed by atoms with Gasteiger partial charge in [0.05, 0.1) is 4.47 Å². The molecule has 7 heteroatoms. The number of rotatable bonds is 2. The summed E-state index contributed by atoms with van der Waals surface area (Å²) in [5, 5.41) is 7.40. The van der Waals surface area contributed by atoms with Crippen molar-refractivity contribution in [3.8, 4) is 0 Å². The fourth-order valence-corrected chi connectivity index (χ4v) is 2.25. The molecule has 86 valence electrons. The number of nitrogens with one attached hydrogen (secondary N) is 1. The van der Waals surface area contributed by atoms with E-state index >= 15 is 0 Å². The van der Waals surface area contributed by atoms with Gasteiger partial charge in [0, 0.05) is 5.75 Å². The maximum atomic E-state index is 13.1. The summed E-state index contributed by atoms with van der Waals surface area (Å²) in [6.07, 6.45) is 0. The van der Waals surface area contributed by atoms with Gasteiger partial charge in [-0.1, -0.05) is 23.9 Å². The molecule has 0 spiro atoms. The number of nitrogens with two attached hydrogens (primary N) is 2. The van der Waals surface area contributed by atoms with Gasteiger partial charge < -0.3 is 11.5 Å². The lowest BCUT2D eigenvalue weighted by atomic mass is 10.2. The number of hydrogen-bond donors (Lipinski definition) is 3. The third-order valence-electron chi connectivity index (χ3n) is 1.63. The van der Waals surface area contributed by atoms with Crippen molar-refractivity contribution in [3.05, 3.63) is 34.1 Å². The van der Waals surface area contributed by atoms with E-state index in [1.807, 2.05) is 0 Å². The molecule has 5 N–H and O–H groups in total. The molecule has 0 fully saturated rings. The van der Waals surface area contributed by atoms with E-state index in [4.69, 9.17) is 16.9 Å². The van der Waals surface area contributed by atoms with Crippen LogP contribution >= 0.6 is 27.7 Å². The third kappa shape index (κ3) is 3.82. The Bertz CT molecular complexity index is 432. The zero-order valence-corrected chi connectivity index (χ0v) is 10.6. The quantitative estimate of drug-likeness (QED) is 0.577. The average molecular weight is 305 g/mol. The van der Waals surface area contributed by atoms with E-state index in [2.05, 4.69) is 20.9 Å². The topological polar surface area (TPSA) is 88.2 Å². The molecule has 1 aromatic rings. The summed E-state index contributed by atoms with van der Waals surface area (Å²) < 4.78 is 13.5. The average Bonchev–Trinajstić information content (AvgIpc) is 2.19. The van der Waals surface area contributed by atoms with E-state index in [1.165, 1.54) is 6.07 Å². The zero-order chi connectivity index (χ0) is 12.1. The summed E-state index contributed by atoms with van der Waals surface area (Å²) in [5.74, 6) is -0.0594. The summed E-state index contributed by atoms with van der Waals surface area (Å²) in [5.41, 5.74) is 11.0. The Balaban J connectivity index is 2.65. The van der Waals surface area contributed by atoms with E-state index in [9.17, 15) is 4.39 Å². The molecule has 0 amide bonds. The molecule has 0 aliphatic carbocycles. The minimum atomic E-state index is -0.327. The molecule has 0 aromatic heterocycles. The smallest absolute Gasteiger partial charge is 0.193 e. The van der Waals surface area contributed by atoms with Crippen molar-refractivity contribution < 1.29 is 4.39 Å².